The van der Waals surface area contributed by atoms with Gasteiger partial charge in [-0.1, -0.05) is 19.3 Å². The van der Waals surface area contributed by atoms with Crippen LogP contribution in [0.5, 0.6) is 0 Å². The number of rotatable bonds is 2. The Morgan fingerprint density at radius 2 is 1.89 bits per heavy atom. The second-order valence-corrected chi connectivity index (χ2v) is 2.81. The molecule has 0 aliphatic heterocycles. The van der Waals surface area contributed by atoms with Crippen molar-refractivity contribution < 1.29 is 4.74 Å². The van der Waals surface area contributed by atoms with Crippen molar-refractivity contribution in [2.24, 2.45) is 0 Å². The largest absolute Gasteiger partial charge is 0.368 e. The summed E-state index contributed by atoms with van der Waals surface area (Å²) in [6.45, 7) is 0. The van der Waals surface area contributed by atoms with Gasteiger partial charge in [-0.15, -0.1) is 0 Å². The van der Waals surface area contributed by atoms with Crippen LogP contribution >= 0.6 is 12.6 Å². The summed E-state index contributed by atoms with van der Waals surface area (Å²) in [5.41, 5.74) is 0. The van der Waals surface area contributed by atoms with Crippen LogP contribution in [0.25, 0.3) is 0 Å². The van der Waals surface area contributed by atoms with E-state index < -0.39 is 0 Å². The van der Waals surface area contributed by atoms with Gasteiger partial charge in [0.1, 0.15) is 0 Å². The monoisotopic (exact) mass is 146 g/mol. The lowest BCUT2D eigenvalue weighted by molar-refractivity contribution is 0.0609. The van der Waals surface area contributed by atoms with E-state index in [1.54, 1.807) is 0 Å². The van der Waals surface area contributed by atoms with E-state index in [1.165, 1.54) is 32.1 Å². The Morgan fingerprint density at radius 3 is 2.44 bits per heavy atom. The molecule has 1 fully saturated rings. The van der Waals surface area contributed by atoms with E-state index in [-0.39, 0.29) is 0 Å². The molecule has 54 valence electrons. The van der Waals surface area contributed by atoms with Crippen molar-refractivity contribution in [1.29, 1.82) is 0 Å². The van der Waals surface area contributed by atoms with E-state index in [9.17, 15) is 0 Å². The van der Waals surface area contributed by atoms with Crippen LogP contribution in [0, 0.1) is 0 Å². The zero-order valence-corrected chi connectivity index (χ0v) is 6.57. The molecule has 0 unspecified atom stereocenters. The fourth-order valence-electron chi connectivity index (χ4n) is 1.34. The molecule has 0 heterocycles. The first-order chi connectivity index (χ1) is 4.43. The molecule has 0 aromatic carbocycles. The minimum atomic E-state index is 0.524. The predicted octanol–water partition coefficient (Wildman–Crippen LogP) is 2.22. The van der Waals surface area contributed by atoms with Gasteiger partial charge < -0.3 is 4.74 Å². The van der Waals surface area contributed by atoms with Crippen LogP contribution in [0.15, 0.2) is 0 Å². The van der Waals surface area contributed by atoms with Crippen molar-refractivity contribution in [2.45, 2.75) is 38.2 Å². The Hall–Kier alpha value is 0.310. The van der Waals surface area contributed by atoms with Crippen molar-refractivity contribution in [3.8, 4) is 0 Å². The molecule has 0 aromatic heterocycles. The highest BCUT2D eigenvalue weighted by Crippen LogP contribution is 2.19. The lowest BCUT2D eigenvalue weighted by Crippen LogP contribution is -2.15. The molecule has 0 atom stereocenters. The van der Waals surface area contributed by atoms with Crippen LogP contribution in [-0.4, -0.2) is 12.0 Å². The molecule has 2 heteroatoms. The van der Waals surface area contributed by atoms with Crippen molar-refractivity contribution in [1.82, 2.24) is 0 Å². The Bertz CT molecular complexity index is 66.6. The Kier molecular flexibility index (Phi) is 3.44. The van der Waals surface area contributed by atoms with Gasteiger partial charge in [-0.25, -0.2) is 0 Å². The van der Waals surface area contributed by atoms with Crippen LogP contribution < -0.4 is 0 Å². The summed E-state index contributed by atoms with van der Waals surface area (Å²) < 4.78 is 5.35. The highest BCUT2D eigenvalue weighted by Gasteiger charge is 2.11. The van der Waals surface area contributed by atoms with Crippen molar-refractivity contribution in [3.05, 3.63) is 0 Å². The number of ether oxygens (including phenoxy) is 1. The fourth-order valence-corrected chi connectivity index (χ4v) is 1.55. The van der Waals surface area contributed by atoms with E-state index in [4.69, 9.17) is 4.74 Å². The third-order valence-electron chi connectivity index (χ3n) is 1.86. The summed E-state index contributed by atoms with van der Waals surface area (Å²) in [6.07, 6.45) is 7.11. The van der Waals surface area contributed by atoms with E-state index in [1.807, 2.05) is 0 Å². The lowest BCUT2D eigenvalue weighted by Gasteiger charge is -2.20. The van der Waals surface area contributed by atoms with Crippen molar-refractivity contribution in [3.63, 3.8) is 0 Å². The van der Waals surface area contributed by atoms with Gasteiger partial charge in [0.2, 0.25) is 0 Å². The summed E-state index contributed by atoms with van der Waals surface area (Å²) >= 11 is 4.01. The third-order valence-corrected chi connectivity index (χ3v) is 2.01. The molecule has 0 spiro atoms. The number of thiol groups is 1. The summed E-state index contributed by atoms with van der Waals surface area (Å²) in [4.78, 5) is 0. The molecule has 0 bridgehead atoms. The summed E-state index contributed by atoms with van der Waals surface area (Å²) in [6, 6.07) is 0. The lowest BCUT2D eigenvalue weighted by atomic mass is 9.98. The zero-order valence-electron chi connectivity index (χ0n) is 5.68. The van der Waals surface area contributed by atoms with Crippen molar-refractivity contribution >= 4 is 12.6 Å². The Morgan fingerprint density at radius 1 is 1.22 bits per heavy atom. The molecular formula is C7H14OS. The quantitative estimate of drug-likeness (QED) is 0.464. The molecule has 1 rings (SSSR count). The van der Waals surface area contributed by atoms with E-state index in [2.05, 4.69) is 12.6 Å². The molecule has 1 aliphatic rings. The smallest absolute Gasteiger partial charge is 0.0896 e. The Balaban J connectivity index is 2.08. The number of hydrogen-bond donors (Lipinski definition) is 1. The molecule has 1 saturated carbocycles. The Labute approximate surface area is 62.2 Å². The highest BCUT2D eigenvalue weighted by molar-refractivity contribution is 7.80. The first-order valence-electron chi connectivity index (χ1n) is 3.66. The third kappa shape index (κ3) is 2.59. The van der Waals surface area contributed by atoms with Gasteiger partial charge in [-0.05, 0) is 12.8 Å². The second kappa shape index (κ2) is 4.18. The highest BCUT2D eigenvalue weighted by atomic mass is 32.1. The minimum Gasteiger partial charge on any atom is -0.368 e. The van der Waals surface area contributed by atoms with Crippen molar-refractivity contribution in [2.75, 3.05) is 5.94 Å². The average molecular weight is 146 g/mol. The minimum absolute atomic E-state index is 0.524. The molecular weight excluding hydrogens is 132 g/mol. The fraction of sp³-hybridized carbons (Fsp3) is 1.00. The van der Waals surface area contributed by atoms with Gasteiger partial charge in [0.05, 0.1) is 12.0 Å². The van der Waals surface area contributed by atoms with Gasteiger partial charge in [-0.2, -0.15) is 12.6 Å². The molecule has 1 nitrogen and oxygen atoms in total. The zero-order chi connectivity index (χ0) is 6.53. The van der Waals surface area contributed by atoms with E-state index in [0.717, 1.165) is 0 Å². The maximum atomic E-state index is 5.35. The molecule has 0 aromatic rings. The second-order valence-electron chi connectivity index (χ2n) is 2.56. The molecule has 0 radical (unpaired) electrons. The van der Waals surface area contributed by atoms with Crippen LogP contribution in [0.1, 0.15) is 32.1 Å². The average Bonchev–Trinajstić information content (AvgIpc) is 1.91. The SMILES string of the molecule is SCOC1CCCCC1. The molecule has 9 heavy (non-hydrogen) atoms. The standard InChI is InChI=1S/C7H14OS/c9-6-8-7-4-2-1-3-5-7/h7,9H,1-6H2. The topological polar surface area (TPSA) is 9.23 Å². The predicted molar refractivity (Wildman–Crippen MR) is 41.8 cm³/mol. The molecule has 1 aliphatic carbocycles. The van der Waals surface area contributed by atoms with Crippen LogP contribution in [-0.2, 0) is 4.74 Å². The first-order valence-corrected chi connectivity index (χ1v) is 4.29. The summed E-state index contributed by atoms with van der Waals surface area (Å²) in [5, 5.41) is 0. The molecule has 0 amide bonds. The maximum Gasteiger partial charge on any atom is 0.0896 e. The molecule has 0 saturated heterocycles. The summed E-state index contributed by atoms with van der Waals surface area (Å²) in [5.74, 6) is 0.588. The molecule has 0 N–H and O–H groups in total. The van der Waals surface area contributed by atoms with Crippen LogP contribution in [0.4, 0.5) is 0 Å². The van der Waals surface area contributed by atoms with Crippen LogP contribution in [0.3, 0.4) is 0 Å². The van der Waals surface area contributed by atoms with Gasteiger partial charge in [-0.3, -0.25) is 0 Å². The van der Waals surface area contributed by atoms with Gasteiger partial charge in [0, 0.05) is 0 Å². The van der Waals surface area contributed by atoms with Gasteiger partial charge in [0.25, 0.3) is 0 Å². The maximum absolute atomic E-state index is 5.35. The summed E-state index contributed by atoms with van der Waals surface area (Å²) in [7, 11) is 0. The first kappa shape index (κ1) is 7.42. The number of hydrogen-bond acceptors (Lipinski definition) is 2. The van der Waals surface area contributed by atoms with Gasteiger partial charge in [0.15, 0.2) is 0 Å². The van der Waals surface area contributed by atoms with E-state index in [0.29, 0.717) is 12.0 Å². The van der Waals surface area contributed by atoms with E-state index >= 15 is 0 Å². The van der Waals surface area contributed by atoms with Crippen LogP contribution in [0.2, 0.25) is 0 Å². The van der Waals surface area contributed by atoms with Gasteiger partial charge >= 0.3 is 0 Å². The normalized spacial score (nSPS) is 22.3.